The number of allylic oxidation sites excluding steroid dienone is 4. The highest BCUT2D eigenvalue weighted by atomic mass is 32.1. The van der Waals surface area contributed by atoms with Crippen LogP contribution in [-0.4, -0.2) is 48.6 Å². The number of nitrogens with zero attached hydrogens (tertiary/aromatic N) is 1. The van der Waals surface area contributed by atoms with Crippen molar-refractivity contribution < 1.29 is 19.1 Å². The first-order valence-corrected chi connectivity index (χ1v) is 21.4. The molecule has 0 heterocycles. The number of hydrogen-bond donors (Lipinski definition) is 0. The second-order valence-electron chi connectivity index (χ2n) is 14.0. The van der Waals surface area contributed by atoms with Gasteiger partial charge in [-0.2, -0.15) is 0 Å². The Morgan fingerprint density at radius 3 is 1.08 bits per heavy atom. The van der Waals surface area contributed by atoms with Gasteiger partial charge in [0, 0.05) is 25.9 Å². The number of esters is 2. The second-order valence-corrected chi connectivity index (χ2v) is 14.2. The predicted octanol–water partition coefficient (Wildman–Crippen LogP) is 13.2. The molecule has 0 atom stereocenters. The van der Waals surface area contributed by atoms with E-state index in [2.05, 4.69) is 38.2 Å². The van der Waals surface area contributed by atoms with E-state index < -0.39 is 0 Å². The van der Waals surface area contributed by atoms with E-state index in [0.29, 0.717) is 26.1 Å². The summed E-state index contributed by atoms with van der Waals surface area (Å²) in [6.07, 6.45) is 44.5. The number of carbonyl (C=O) groups is 2. The Bertz CT molecular complexity index is 724. The summed E-state index contributed by atoms with van der Waals surface area (Å²) in [6, 6.07) is 0. The molecule has 0 saturated heterocycles. The molecule has 0 aromatic heterocycles. The minimum Gasteiger partial charge on any atom is -0.466 e. The van der Waals surface area contributed by atoms with E-state index in [0.717, 1.165) is 51.6 Å². The lowest BCUT2D eigenvalue weighted by atomic mass is 10.1. The van der Waals surface area contributed by atoms with E-state index in [1.807, 2.05) is 4.90 Å². The molecule has 0 aliphatic rings. The first-order valence-electron chi connectivity index (χ1n) is 20.9. The van der Waals surface area contributed by atoms with Crippen LogP contribution in [0.2, 0.25) is 0 Å². The molecule has 0 N–H and O–H groups in total. The van der Waals surface area contributed by atoms with Crippen molar-refractivity contribution in [3.63, 3.8) is 0 Å². The van der Waals surface area contributed by atoms with Gasteiger partial charge in [0.25, 0.3) is 0 Å². The van der Waals surface area contributed by atoms with Crippen LogP contribution < -0.4 is 0 Å². The van der Waals surface area contributed by atoms with Crippen molar-refractivity contribution >= 4 is 29.6 Å². The van der Waals surface area contributed by atoms with E-state index in [9.17, 15) is 9.59 Å². The number of hydrogen-bond acceptors (Lipinski definition) is 5. The maximum Gasteiger partial charge on any atom is 0.305 e. The molecule has 6 heteroatoms. The zero-order valence-electron chi connectivity index (χ0n) is 32.4. The van der Waals surface area contributed by atoms with Crippen LogP contribution in [0.4, 0.5) is 0 Å². The molecule has 0 unspecified atom stereocenters. The van der Waals surface area contributed by atoms with Gasteiger partial charge >= 0.3 is 11.9 Å². The smallest absolute Gasteiger partial charge is 0.305 e. The summed E-state index contributed by atoms with van der Waals surface area (Å²) < 4.78 is 10.8. The Hall–Kier alpha value is -1.69. The van der Waals surface area contributed by atoms with Gasteiger partial charge in [-0.1, -0.05) is 153 Å². The second kappa shape index (κ2) is 40.7. The Kier molecular flexibility index (Phi) is 39.3. The van der Waals surface area contributed by atoms with Gasteiger partial charge in [-0.25, -0.2) is 0 Å². The van der Waals surface area contributed by atoms with Crippen LogP contribution in [-0.2, 0) is 19.1 Å². The fraction of sp³-hybridized carbons (Fsp3) is 0.837. The Morgan fingerprint density at radius 2 is 0.755 bits per heavy atom. The minimum absolute atomic E-state index is 0.0929. The summed E-state index contributed by atoms with van der Waals surface area (Å²) in [7, 11) is 0. The zero-order chi connectivity index (χ0) is 35.7. The van der Waals surface area contributed by atoms with Crippen LogP contribution in [0.15, 0.2) is 24.3 Å². The summed E-state index contributed by atoms with van der Waals surface area (Å²) in [5.74, 6) is -0.186. The molecule has 286 valence electrons. The molecule has 0 aromatic carbocycles. The lowest BCUT2D eigenvalue weighted by molar-refractivity contribution is -0.144. The monoisotopic (exact) mass is 706 g/mol. The summed E-state index contributed by atoms with van der Waals surface area (Å²) in [4.78, 5) is 26.2. The molecule has 0 rings (SSSR count). The van der Waals surface area contributed by atoms with Crippen molar-refractivity contribution in [3.8, 4) is 0 Å². The molecule has 0 amide bonds. The van der Waals surface area contributed by atoms with Gasteiger partial charge in [0.2, 0.25) is 0 Å². The number of ether oxygens (including phenoxy) is 2. The molecule has 49 heavy (non-hydrogen) atoms. The largest absolute Gasteiger partial charge is 0.466 e. The van der Waals surface area contributed by atoms with Gasteiger partial charge in [0.1, 0.15) is 0 Å². The SMILES string of the molecule is CCCCCCCC/C=C\CCCCCCCC(=O)OCCCN(C=S)CCCOC(=O)CCCCCCC/C=C\CCCCCCCC. The first-order chi connectivity index (χ1) is 24.1. The van der Waals surface area contributed by atoms with Crippen molar-refractivity contribution in [2.45, 2.75) is 206 Å². The summed E-state index contributed by atoms with van der Waals surface area (Å²) in [6.45, 7) is 6.87. The van der Waals surface area contributed by atoms with Crippen molar-refractivity contribution in [3.05, 3.63) is 24.3 Å². The van der Waals surface area contributed by atoms with Crippen LogP contribution in [0.3, 0.4) is 0 Å². The van der Waals surface area contributed by atoms with Crippen molar-refractivity contribution in [2.24, 2.45) is 0 Å². The van der Waals surface area contributed by atoms with Gasteiger partial charge in [-0.05, 0) is 77.0 Å². The minimum atomic E-state index is -0.0929. The predicted molar refractivity (Wildman–Crippen MR) is 215 cm³/mol. The Morgan fingerprint density at radius 1 is 0.449 bits per heavy atom. The lowest BCUT2D eigenvalue weighted by Gasteiger charge is -2.18. The Labute approximate surface area is 309 Å². The molecular formula is C43H79NO4S. The fourth-order valence-corrected chi connectivity index (χ4v) is 6.16. The summed E-state index contributed by atoms with van der Waals surface area (Å²) in [5, 5.41) is 0. The molecule has 0 aromatic rings. The molecule has 0 bridgehead atoms. The Balaban J connectivity index is 3.51. The molecule has 0 radical (unpaired) electrons. The van der Waals surface area contributed by atoms with E-state index in [1.54, 1.807) is 5.49 Å². The standard InChI is InChI=1S/C43H79NO4S/c1-3-5-7-9-11-13-15-17-19-21-23-25-27-29-31-35-42(45)47-39-33-37-44(41-49)38-34-40-48-43(46)36-32-30-28-26-24-22-20-18-16-14-12-10-8-6-4-2/h17-20,41H,3-16,21-40H2,1-2H3/b19-17-,20-18-. The third kappa shape index (κ3) is 39.0. The highest BCUT2D eigenvalue weighted by Crippen LogP contribution is 2.12. The van der Waals surface area contributed by atoms with E-state index in [4.69, 9.17) is 21.7 Å². The van der Waals surface area contributed by atoms with Gasteiger partial charge in [0.15, 0.2) is 0 Å². The van der Waals surface area contributed by atoms with Crippen LogP contribution in [0.5, 0.6) is 0 Å². The summed E-state index contributed by atoms with van der Waals surface area (Å²) >= 11 is 5.15. The molecular weight excluding hydrogens is 627 g/mol. The van der Waals surface area contributed by atoms with Crippen LogP contribution >= 0.6 is 12.2 Å². The zero-order valence-corrected chi connectivity index (χ0v) is 33.2. The summed E-state index contributed by atoms with van der Waals surface area (Å²) in [5.41, 5.74) is 1.65. The van der Waals surface area contributed by atoms with Gasteiger partial charge in [-0.15, -0.1) is 0 Å². The third-order valence-electron chi connectivity index (χ3n) is 9.14. The third-order valence-corrected chi connectivity index (χ3v) is 9.44. The van der Waals surface area contributed by atoms with Crippen LogP contribution in [0.25, 0.3) is 0 Å². The topological polar surface area (TPSA) is 55.8 Å². The van der Waals surface area contributed by atoms with E-state index >= 15 is 0 Å². The number of rotatable bonds is 39. The highest BCUT2D eigenvalue weighted by Gasteiger charge is 2.06. The average Bonchev–Trinajstić information content (AvgIpc) is 3.10. The van der Waals surface area contributed by atoms with Gasteiger partial charge in [-0.3, -0.25) is 9.59 Å². The lowest BCUT2D eigenvalue weighted by Crippen LogP contribution is -2.26. The van der Waals surface area contributed by atoms with Crippen molar-refractivity contribution in [2.75, 3.05) is 26.3 Å². The quantitative estimate of drug-likeness (QED) is 0.0275. The molecule has 5 nitrogen and oxygen atoms in total. The first kappa shape index (κ1) is 47.3. The highest BCUT2D eigenvalue weighted by molar-refractivity contribution is 7.78. The molecule has 0 aliphatic heterocycles. The van der Waals surface area contributed by atoms with Crippen molar-refractivity contribution in [1.82, 2.24) is 4.90 Å². The van der Waals surface area contributed by atoms with Crippen molar-refractivity contribution in [1.29, 1.82) is 0 Å². The van der Waals surface area contributed by atoms with Gasteiger partial charge < -0.3 is 14.4 Å². The number of carbonyl (C=O) groups excluding carboxylic acids is 2. The normalized spacial score (nSPS) is 11.5. The molecule has 0 aliphatic carbocycles. The fourth-order valence-electron chi connectivity index (χ4n) is 5.95. The maximum absolute atomic E-state index is 12.1. The van der Waals surface area contributed by atoms with Crippen LogP contribution in [0, 0.1) is 0 Å². The number of unbranched alkanes of at least 4 members (excludes halogenated alkanes) is 22. The number of thiocarbonyl (C=S) groups is 1. The van der Waals surface area contributed by atoms with Gasteiger partial charge in [0.05, 0.1) is 18.7 Å². The molecule has 0 spiro atoms. The molecule has 0 fully saturated rings. The average molecular weight is 706 g/mol. The van der Waals surface area contributed by atoms with Crippen LogP contribution in [0.1, 0.15) is 206 Å². The maximum atomic E-state index is 12.1. The van der Waals surface area contributed by atoms with E-state index in [1.165, 1.54) is 141 Å². The van der Waals surface area contributed by atoms with E-state index in [-0.39, 0.29) is 11.9 Å². The molecule has 0 saturated carbocycles.